The van der Waals surface area contributed by atoms with Crippen molar-refractivity contribution in [2.45, 2.75) is 19.8 Å². The van der Waals surface area contributed by atoms with Crippen molar-refractivity contribution in [3.05, 3.63) is 40.5 Å². The average molecular weight is 178 g/mol. The molecule has 0 saturated carbocycles. The van der Waals surface area contributed by atoms with E-state index < -0.39 is 0 Å². The highest BCUT2D eigenvalue weighted by atomic mass is 32.2. The van der Waals surface area contributed by atoms with Gasteiger partial charge in [-0.25, -0.2) is 0 Å². The molecular weight excluding hydrogens is 164 g/mol. The Bertz CT molecular complexity index is 263. The smallest absolute Gasteiger partial charge is 0.00294 e. The Balaban J connectivity index is 2.76. The van der Waals surface area contributed by atoms with Gasteiger partial charge in [-0.2, -0.15) is 0 Å². The second-order valence-electron chi connectivity index (χ2n) is 2.78. The van der Waals surface area contributed by atoms with Crippen LogP contribution >= 0.6 is 11.8 Å². The topological polar surface area (TPSA) is 0 Å². The Morgan fingerprint density at radius 1 is 1.50 bits per heavy atom. The molecule has 0 aliphatic heterocycles. The van der Waals surface area contributed by atoms with E-state index in [2.05, 4.69) is 43.2 Å². The quantitative estimate of drug-likeness (QED) is 0.552. The van der Waals surface area contributed by atoms with Crippen LogP contribution in [-0.4, -0.2) is 6.26 Å². The molecule has 0 aromatic heterocycles. The van der Waals surface area contributed by atoms with E-state index in [1.807, 2.05) is 0 Å². The maximum atomic E-state index is 3.26. The lowest BCUT2D eigenvalue weighted by Crippen LogP contribution is -1.70. The van der Waals surface area contributed by atoms with E-state index in [-0.39, 0.29) is 0 Å². The molecule has 1 heteroatoms. The Labute approximate surface area is 78.7 Å². The van der Waals surface area contributed by atoms with E-state index in [0.29, 0.717) is 0 Å². The third-order valence-corrected chi connectivity index (χ3v) is 2.50. The van der Waals surface area contributed by atoms with E-state index in [1.54, 1.807) is 11.8 Å². The fourth-order valence-electron chi connectivity index (χ4n) is 1.04. The number of allylic oxidation sites excluding steroid dienone is 4. The Kier molecular flexibility index (Phi) is 3.99. The van der Waals surface area contributed by atoms with Gasteiger partial charge in [-0.05, 0) is 37.7 Å². The second kappa shape index (κ2) is 5.08. The van der Waals surface area contributed by atoms with Crippen LogP contribution in [0.4, 0.5) is 0 Å². The summed E-state index contributed by atoms with van der Waals surface area (Å²) >= 11 is 1.80. The van der Waals surface area contributed by atoms with Gasteiger partial charge in [-0.1, -0.05) is 18.2 Å². The highest BCUT2D eigenvalue weighted by Gasteiger charge is 1.90. The molecule has 64 valence electrons. The first-order chi connectivity index (χ1) is 5.83. The monoisotopic (exact) mass is 178 g/mol. The molecule has 0 amide bonds. The van der Waals surface area contributed by atoms with E-state index >= 15 is 0 Å². The molecule has 1 aliphatic carbocycles. The summed E-state index contributed by atoms with van der Waals surface area (Å²) in [6, 6.07) is 0. The van der Waals surface area contributed by atoms with Crippen LogP contribution in [0.2, 0.25) is 0 Å². The van der Waals surface area contributed by atoms with Crippen molar-refractivity contribution in [2.75, 3.05) is 6.26 Å². The number of thioether (sulfide) groups is 1. The molecule has 0 fully saturated rings. The lowest BCUT2D eigenvalue weighted by atomic mass is 10.2. The van der Waals surface area contributed by atoms with Gasteiger partial charge in [-0.15, -0.1) is 17.5 Å². The van der Waals surface area contributed by atoms with Crippen molar-refractivity contribution in [1.29, 1.82) is 0 Å². The Morgan fingerprint density at radius 2 is 2.33 bits per heavy atom. The molecule has 0 aromatic carbocycles. The summed E-state index contributed by atoms with van der Waals surface area (Å²) in [5.74, 6) is 0. The van der Waals surface area contributed by atoms with Crippen molar-refractivity contribution in [1.82, 2.24) is 0 Å². The first-order valence-electron chi connectivity index (χ1n) is 4.14. The third-order valence-electron chi connectivity index (χ3n) is 1.73. The molecular formula is C11H14S. The fraction of sp³-hybridized carbons (Fsp3) is 0.364. The minimum absolute atomic E-state index is 0.998. The van der Waals surface area contributed by atoms with Gasteiger partial charge in [0.2, 0.25) is 0 Å². The largest absolute Gasteiger partial charge is 0.130 e. The van der Waals surface area contributed by atoms with E-state index in [4.69, 9.17) is 0 Å². The molecule has 0 spiro atoms. The van der Waals surface area contributed by atoms with E-state index in [1.165, 1.54) is 10.5 Å². The van der Waals surface area contributed by atoms with Crippen LogP contribution in [-0.2, 0) is 0 Å². The van der Waals surface area contributed by atoms with Crippen LogP contribution in [0.5, 0.6) is 0 Å². The fourth-order valence-corrected chi connectivity index (χ4v) is 1.53. The molecule has 1 rings (SSSR count). The summed E-state index contributed by atoms with van der Waals surface area (Å²) in [4.78, 5) is 1.35. The molecule has 0 nitrogen and oxygen atoms in total. The van der Waals surface area contributed by atoms with Crippen LogP contribution < -0.4 is 0 Å². The molecule has 12 heavy (non-hydrogen) atoms. The first-order valence-corrected chi connectivity index (χ1v) is 5.36. The maximum absolute atomic E-state index is 3.26. The molecule has 0 bridgehead atoms. The SMILES string of the molecule is CSC1=CCC=C=C(C)CC=C1. The van der Waals surface area contributed by atoms with Gasteiger partial charge in [0.15, 0.2) is 0 Å². The zero-order valence-electron chi connectivity index (χ0n) is 7.63. The van der Waals surface area contributed by atoms with Crippen molar-refractivity contribution in [2.24, 2.45) is 0 Å². The lowest BCUT2D eigenvalue weighted by molar-refractivity contribution is 1.22. The van der Waals surface area contributed by atoms with Gasteiger partial charge in [0.25, 0.3) is 0 Å². The van der Waals surface area contributed by atoms with Crippen molar-refractivity contribution < 1.29 is 0 Å². The summed E-state index contributed by atoms with van der Waals surface area (Å²) in [6.45, 7) is 2.12. The lowest BCUT2D eigenvalue weighted by Gasteiger charge is -1.93. The van der Waals surface area contributed by atoms with Gasteiger partial charge < -0.3 is 0 Å². The van der Waals surface area contributed by atoms with E-state index in [0.717, 1.165) is 12.8 Å². The summed E-state index contributed by atoms with van der Waals surface area (Å²) < 4.78 is 0. The molecule has 1 aliphatic rings. The molecule has 0 atom stereocenters. The highest BCUT2D eigenvalue weighted by Crippen LogP contribution is 2.16. The summed E-state index contributed by atoms with van der Waals surface area (Å²) in [7, 11) is 0. The molecule has 0 unspecified atom stereocenters. The zero-order valence-corrected chi connectivity index (χ0v) is 8.45. The van der Waals surface area contributed by atoms with Gasteiger partial charge in [-0.3, -0.25) is 0 Å². The van der Waals surface area contributed by atoms with Crippen LogP contribution in [0.15, 0.2) is 40.5 Å². The molecule has 0 N–H and O–H groups in total. The first kappa shape index (κ1) is 9.44. The van der Waals surface area contributed by atoms with Crippen LogP contribution in [0.25, 0.3) is 0 Å². The van der Waals surface area contributed by atoms with Gasteiger partial charge in [0.05, 0.1) is 0 Å². The predicted octanol–water partition coefficient (Wildman–Crippen LogP) is 3.68. The van der Waals surface area contributed by atoms with Crippen molar-refractivity contribution in [3.8, 4) is 0 Å². The van der Waals surface area contributed by atoms with Crippen molar-refractivity contribution >= 4 is 11.8 Å². The average Bonchev–Trinajstić information content (AvgIpc) is 2.17. The van der Waals surface area contributed by atoms with Crippen LogP contribution in [0.3, 0.4) is 0 Å². The maximum Gasteiger partial charge on any atom is 0.00294 e. The molecule has 0 aromatic rings. The second-order valence-corrected chi connectivity index (χ2v) is 3.66. The van der Waals surface area contributed by atoms with E-state index in [9.17, 15) is 0 Å². The molecule has 0 radical (unpaired) electrons. The molecule has 0 saturated heterocycles. The van der Waals surface area contributed by atoms with Crippen LogP contribution in [0.1, 0.15) is 19.8 Å². The standard InChI is InChI=1S/C11H14S/c1-10-6-3-4-8-11(12-2)9-5-7-10/h3,5,8-9H,4,7H2,1-2H3. The zero-order chi connectivity index (χ0) is 8.81. The van der Waals surface area contributed by atoms with Gasteiger partial charge in [0.1, 0.15) is 0 Å². The third kappa shape index (κ3) is 3.17. The number of hydrogen-bond acceptors (Lipinski definition) is 1. The number of rotatable bonds is 1. The summed E-state index contributed by atoms with van der Waals surface area (Å²) in [5, 5.41) is 0. The predicted molar refractivity (Wildman–Crippen MR) is 57.2 cm³/mol. The Hall–Kier alpha value is -0.650. The highest BCUT2D eigenvalue weighted by molar-refractivity contribution is 8.02. The summed E-state index contributed by atoms with van der Waals surface area (Å²) in [6.07, 6.45) is 12.8. The van der Waals surface area contributed by atoms with Gasteiger partial charge in [0, 0.05) is 4.91 Å². The molecule has 0 heterocycles. The normalized spacial score (nSPS) is 17.5. The Morgan fingerprint density at radius 3 is 3.08 bits per heavy atom. The summed E-state index contributed by atoms with van der Waals surface area (Å²) in [5.41, 5.74) is 4.56. The minimum Gasteiger partial charge on any atom is -0.130 e. The number of hydrogen-bond donors (Lipinski definition) is 0. The minimum atomic E-state index is 0.998. The van der Waals surface area contributed by atoms with Crippen LogP contribution in [0, 0.1) is 0 Å². The van der Waals surface area contributed by atoms with Crippen molar-refractivity contribution in [3.63, 3.8) is 0 Å². The van der Waals surface area contributed by atoms with Gasteiger partial charge >= 0.3 is 0 Å².